The lowest BCUT2D eigenvalue weighted by Gasteiger charge is -2.62. The largest absolute Gasteiger partial charge is 0.624 e. The quantitative estimate of drug-likeness (QED) is 0.168. The minimum atomic E-state index is -1.38. The van der Waals surface area contributed by atoms with E-state index in [1.54, 1.807) is 13.3 Å². The van der Waals surface area contributed by atoms with Crippen LogP contribution in [0.3, 0.4) is 0 Å². The standard InChI is InChI=1S/C30H41NO12/c1-14(32)40-19-8-9-28-18-10-29(42-16(3)34)20(38-6)11-30(43-17(4)35,21(18)26(29)41-15(2)33)22-23(39-7)24(28)27(19,13-37-5)12-31(36)25(22)28/h12,18-26H,8-11,13H2,1-7H3/t18-,19-,20+,21-,22-,23+,24-,25-,26-,27+,28-,29+,30-/m1/s1. The highest BCUT2D eigenvalue weighted by Gasteiger charge is 2.91. The number of esters is 4. The van der Waals surface area contributed by atoms with Crippen molar-refractivity contribution in [3.05, 3.63) is 5.21 Å². The van der Waals surface area contributed by atoms with Gasteiger partial charge in [-0.1, -0.05) is 0 Å². The fourth-order valence-corrected chi connectivity index (χ4v) is 11.4. The molecule has 13 heteroatoms. The average Bonchev–Trinajstić information content (AvgIpc) is 3.29. The number of nitrogens with zero attached hydrogens (tertiary/aromatic N) is 1. The highest BCUT2D eigenvalue weighted by atomic mass is 16.6. The molecule has 0 saturated heterocycles. The van der Waals surface area contributed by atoms with Crippen molar-refractivity contribution in [3.8, 4) is 0 Å². The smallest absolute Gasteiger partial charge is 0.303 e. The normalized spacial score (nSPS) is 48.2. The van der Waals surface area contributed by atoms with Crippen LogP contribution in [0.25, 0.3) is 0 Å². The summed E-state index contributed by atoms with van der Waals surface area (Å²) in [6, 6.07) is -0.687. The van der Waals surface area contributed by atoms with Crippen LogP contribution in [-0.4, -0.2) is 104 Å². The second-order valence-electron chi connectivity index (χ2n) is 13.3. The fraction of sp³-hybridized carbons (Fsp3) is 0.833. The van der Waals surface area contributed by atoms with E-state index in [0.29, 0.717) is 12.8 Å². The summed E-state index contributed by atoms with van der Waals surface area (Å²) in [7, 11) is 4.59. The highest BCUT2D eigenvalue weighted by Crippen LogP contribution is 2.79. The van der Waals surface area contributed by atoms with E-state index >= 15 is 0 Å². The van der Waals surface area contributed by atoms with Gasteiger partial charge in [-0.05, 0) is 25.2 Å². The summed E-state index contributed by atoms with van der Waals surface area (Å²) in [5, 5.41) is 14.5. The Hall–Kier alpha value is -2.77. The summed E-state index contributed by atoms with van der Waals surface area (Å²) in [5.74, 6) is -4.34. The molecular formula is C30H41NO12. The molecule has 0 aromatic rings. The fourth-order valence-electron chi connectivity index (χ4n) is 11.4. The summed E-state index contributed by atoms with van der Waals surface area (Å²) in [6.07, 6.45) is -0.317. The van der Waals surface area contributed by atoms with Crippen molar-refractivity contribution in [2.75, 3.05) is 27.9 Å². The third-order valence-corrected chi connectivity index (χ3v) is 11.7. The maximum Gasteiger partial charge on any atom is 0.303 e. The van der Waals surface area contributed by atoms with Gasteiger partial charge < -0.3 is 38.4 Å². The van der Waals surface area contributed by atoms with Crippen molar-refractivity contribution in [1.82, 2.24) is 0 Å². The van der Waals surface area contributed by atoms with Gasteiger partial charge in [0.25, 0.3) is 0 Å². The number of fused-ring (bicyclic) bond motifs is 2. The van der Waals surface area contributed by atoms with Crippen molar-refractivity contribution in [3.63, 3.8) is 0 Å². The average molecular weight is 608 g/mol. The molecule has 0 unspecified atom stereocenters. The number of hydroxylamine groups is 1. The number of methoxy groups -OCH3 is 3. The van der Waals surface area contributed by atoms with E-state index in [0.717, 1.165) is 4.74 Å². The predicted octanol–water partition coefficient (Wildman–Crippen LogP) is 1.16. The second-order valence-corrected chi connectivity index (χ2v) is 13.3. The molecule has 6 aliphatic rings. The van der Waals surface area contributed by atoms with Gasteiger partial charge in [0.15, 0.2) is 24.0 Å². The molecule has 7 bridgehead atoms. The molecule has 1 heterocycles. The summed E-state index contributed by atoms with van der Waals surface area (Å²) in [4.78, 5) is 50.7. The number of hydrogen-bond acceptors (Lipinski definition) is 12. The van der Waals surface area contributed by atoms with Gasteiger partial charge in [0, 0.05) is 72.7 Å². The highest BCUT2D eigenvalue weighted by molar-refractivity contribution is 5.72. The number of ether oxygens (including phenoxy) is 7. The molecule has 1 spiro atoms. The molecule has 0 radical (unpaired) electrons. The molecule has 13 atom stereocenters. The van der Waals surface area contributed by atoms with Gasteiger partial charge >= 0.3 is 23.9 Å². The third kappa shape index (κ3) is 3.64. The van der Waals surface area contributed by atoms with Gasteiger partial charge in [-0.3, -0.25) is 19.2 Å². The van der Waals surface area contributed by atoms with Gasteiger partial charge in [0.05, 0.1) is 18.6 Å². The minimum Gasteiger partial charge on any atom is -0.624 e. The van der Waals surface area contributed by atoms with E-state index < -0.39 is 100 Å². The maximum atomic E-state index is 14.5. The lowest BCUT2D eigenvalue weighted by Crippen LogP contribution is -2.74. The Morgan fingerprint density at radius 2 is 1.49 bits per heavy atom. The maximum absolute atomic E-state index is 14.5. The first-order valence-corrected chi connectivity index (χ1v) is 14.9. The molecule has 0 aromatic carbocycles. The number of rotatable bonds is 8. The zero-order chi connectivity index (χ0) is 31.3. The molecule has 5 saturated carbocycles. The van der Waals surface area contributed by atoms with Crippen LogP contribution >= 0.6 is 0 Å². The molecule has 238 valence electrons. The van der Waals surface area contributed by atoms with Gasteiger partial charge in [-0.2, -0.15) is 0 Å². The molecule has 5 fully saturated rings. The van der Waals surface area contributed by atoms with Crippen molar-refractivity contribution in [1.29, 1.82) is 0 Å². The van der Waals surface area contributed by atoms with Gasteiger partial charge in [0.1, 0.15) is 23.2 Å². The van der Waals surface area contributed by atoms with Crippen molar-refractivity contribution in [2.24, 2.45) is 34.5 Å². The molecule has 1 aliphatic heterocycles. The molecule has 0 aromatic heterocycles. The Balaban J connectivity index is 1.66. The Morgan fingerprint density at radius 1 is 0.837 bits per heavy atom. The summed E-state index contributed by atoms with van der Waals surface area (Å²) < 4.78 is 43.5. The zero-order valence-electron chi connectivity index (χ0n) is 25.7. The Bertz CT molecular complexity index is 1270. The molecule has 43 heavy (non-hydrogen) atoms. The molecule has 0 amide bonds. The van der Waals surface area contributed by atoms with Crippen LogP contribution in [0.15, 0.2) is 0 Å². The number of carbonyl (C=O) groups is 4. The van der Waals surface area contributed by atoms with Crippen LogP contribution in [0.2, 0.25) is 0 Å². The van der Waals surface area contributed by atoms with E-state index in [1.807, 2.05) is 0 Å². The molecule has 0 N–H and O–H groups in total. The van der Waals surface area contributed by atoms with Gasteiger partial charge in [-0.25, -0.2) is 4.74 Å². The first kappa shape index (κ1) is 30.3. The summed E-state index contributed by atoms with van der Waals surface area (Å²) in [6.45, 7) is 5.31. The van der Waals surface area contributed by atoms with Gasteiger partial charge in [0.2, 0.25) is 0 Å². The van der Waals surface area contributed by atoms with E-state index in [1.165, 1.54) is 41.9 Å². The summed E-state index contributed by atoms with van der Waals surface area (Å²) >= 11 is 0. The topological polar surface area (TPSA) is 159 Å². The van der Waals surface area contributed by atoms with Crippen molar-refractivity contribution >= 4 is 30.1 Å². The Morgan fingerprint density at radius 3 is 2.05 bits per heavy atom. The number of hydrogen-bond donors (Lipinski definition) is 0. The predicted molar refractivity (Wildman–Crippen MR) is 144 cm³/mol. The lowest BCUT2D eigenvalue weighted by atomic mass is 9.44. The van der Waals surface area contributed by atoms with Crippen molar-refractivity contribution in [2.45, 2.75) is 95.0 Å². The molecule has 13 nitrogen and oxygen atoms in total. The van der Waals surface area contributed by atoms with E-state index in [-0.39, 0.29) is 19.4 Å². The van der Waals surface area contributed by atoms with Crippen molar-refractivity contribution < 1.29 is 57.1 Å². The summed E-state index contributed by atoms with van der Waals surface area (Å²) in [5.41, 5.74) is -4.60. The number of carbonyl (C=O) groups excluding carboxylic acids is 4. The Labute approximate surface area is 250 Å². The van der Waals surface area contributed by atoms with Gasteiger partial charge in [-0.15, -0.1) is 0 Å². The molecule has 5 aliphatic carbocycles. The molecule has 6 rings (SSSR count). The van der Waals surface area contributed by atoms with Crippen LogP contribution < -0.4 is 0 Å². The first-order valence-electron chi connectivity index (χ1n) is 14.9. The first-order chi connectivity index (χ1) is 20.3. The van der Waals surface area contributed by atoms with Crippen LogP contribution in [0.1, 0.15) is 53.4 Å². The zero-order valence-corrected chi connectivity index (χ0v) is 25.7. The van der Waals surface area contributed by atoms with Crippen LogP contribution in [0.5, 0.6) is 0 Å². The lowest BCUT2D eigenvalue weighted by molar-refractivity contribution is -0.556. The van der Waals surface area contributed by atoms with Crippen LogP contribution in [-0.2, 0) is 52.3 Å². The van der Waals surface area contributed by atoms with E-state index in [9.17, 15) is 24.4 Å². The Kier molecular flexibility index (Phi) is 6.94. The second kappa shape index (κ2) is 9.87. The van der Waals surface area contributed by atoms with E-state index in [2.05, 4.69) is 0 Å². The van der Waals surface area contributed by atoms with Crippen LogP contribution in [0.4, 0.5) is 0 Å². The van der Waals surface area contributed by atoms with Crippen LogP contribution in [0, 0.1) is 39.7 Å². The minimum absolute atomic E-state index is 0.0799. The third-order valence-electron chi connectivity index (χ3n) is 11.7. The molecular weight excluding hydrogens is 566 g/mol. The SMILES string of the molecule is COC[C@]12C=[N+]([O-])[C@@H]3[C@H]4[C@H](OC)[C@H]1[C@@]3(CC[C@H]2OC(C)=O)[C@@H]1C[C@]2(OC(C)=O)[C@@H](OC)C[C@@]4(OC(C)=O)[C@H]1[C@H]2OC(C)=O. The monoisotopic (exact) mass is 607 g/mol. The van der Waals surface area contributed by atoms with E-state index in [4.69, 9.17) is 33.2 Å².